The molecule has 0 aliphatic rings. The Balaban J connectivity index is 0.000000461. The number of benzene rings is 2. The molecule has 0 saturated carbocycles. The fourth-order valence-corrected chi connectivity index (χ4v) is 1.81. The van der Waals surface area contributed by atoms with Crippen LogP contribution in [0.2, 0.25) is 0 Å². The monoisotopic (exact) mass is 272 g/mol. The van der Waals surface area contributed by atoms with Gasteiger partial charge in [-0.3, -0.25) is 9.59 Å². The van der Waals surface area contributed by atoms with Crippen molar-refractivity contribution in [3.63, 3.8) is 0 Å². The molecule has 0 aliphatic heterocycles. The lowest BCUT2D eigenvalue weighted by Crippen LogP contribution is -2.28. The van der Waals surface area contributed by atoms with Crippen LogP contribution in [-0.2, 0) is 0 Å². The van der Waals surface area contributed by atoms with Gasteiger partial charge in [-0.05, 0) is 22.9 Å². The smallest absolute Gasteiger partial charge is 0.314 e. The van der Waals surface area contributed by atoms with Crippen molar-refractivity contribution in [3.05, 3.63) is 57.1 Å². The summed E-state index contributed by atoms with van der Waals surface area (Å²) in [6.07, 6.45) is 0. The summed E-state index contributed by atoms with van der Waals surface area (Å²) >= 11 is 0. The predicted molar refractivity (Wildman–Crippen MR) is 85.4 cm³/mol. The highest BCUT2D eigenvalue weighted by Gasteiger charge is 2.00. The summed E-state index contributed by atoms with van der Waals surface area (Å²) in [5, 5.41) is 2.05. The fraction of sp³-hybridized carbons (Fsp3) is 0.250. The standard InChI is InChI=1S/C12H8N2O2.2C2H6/c15-11-12(16)14-10-6-8-4-2-1-3-7(8)5-9(10)13-11;2*1-2/h1-6H,(H,13,15)(H,14,16);2*1-2H3. The van der Waals surface area contributed by atoms with Crippen LogP contribution in [0, 0.1) is 0 Å². The van der Waals surface area contributed by atoms with Gasteiger partial charge >= 0.3 is 11.1 Å². The van der Waals surface area contributed by atoms with E-state index >= 15 is 0 Å². The van der Waals surface area contributed by atoms with Crippen LogP contribution in [0.1, 0.15) is 27.7 Å². The third kappa shape index (κ3) is 3.15. The van der Waals surface area contributed by atoms with Gasteiger partial charge in [-0.2, -0.15) is 0 Å². The lowest BCUT2D eigenvalue weighted by molar-refractivity contribution is 1.15. The van der Waals surface area contributed by atoms with Crippen LogP contribution in [0.5, 0.6) is 0 Å². The van der Waals surface area contributed by atoms with Gasteiger partial charge in [0.2, 0.25) is 0 Å². The van der Waals surface area contributed by atoms with Crippen molar-refractivity contribution in [3.8, 4) is 0 Å². The average molecular weight is 272 g/mol. The highest BCUT2D eigenvalue weighted by atomic mass is 16.2. The molecule has 0 atom stereocenters. The van der Waals surface area contributed by atoms with Gasteiger partial charge in [0.25, 0.3) is 0 Å². The van der Waals surface area contributed by atoms with Crippen molar-refractivity contribution in [2.45, 2.75) is 27.7 Å². The Morgan fingerprint density at radius 3 is 1.40 bits per heavy atom. The number of H-pyrrole nitrogens is 2. The molecule has 106 valence electrons. The molecule has 0 spiro atoms. The van der Waals surface area contributed by atoms with Crippen molar-refractivity contribution in [2.75, 3.05) is 0 Å². The molecule has 4 heteroatoms. The molecule has 4 nitrogen and oxygen atoms in total. The van der Waals surface area contributed by atoms with Gasteiger partial charge in [0.15, 0.2) is 0 Å². The van der Waals surface area contributed by atoms with Crippen LogP contribution in [0.4, 0.5) is 0 Å². The summed E-state index contributed by atoms with van der Waals surface area (Å²) in [7, 11) is 0. The molecule has 0 aliphatic carbocycles. The molecule has 1 aromatic heterocycles. The molecule has 3 rings (SSSR count). The molecule has 0 fully saturated rings. The summed E-state index contributed by atoms with van der Waals surface area (Å²) < 4.78 is 0. The van der Waals surface area contributed by atoms with Crippen LogP contribution < -0.4 is 11.1 Å². The Morgan fingerprint density at radius 2 is 1.05 bits per heavy atom. The van der Waals surface area contributed by atoms with Crippen LogP contribution in [0.25, 0.3) is 21.8 Å². The van der Waals surface area contributed by atoms with Crippen LogP contribution >= 0.6 is 0 Å². The van der Waals surface area contributed by atoms with E-state index in [2.05, 4.69) is 9.97 Å². The predicted octanol–water partition coefficient (Wildman–Crippen LogP) is 3.42. The maximum atomic E-state index is 11.2. The first kappa shape index (κ1) is 15.7. The third-order valence-corrected chi connectivity index (χ3v) is 2.59. The second kappa shape index (κ2) is 7.28. The van der Waals surface area contributed by atoms with Crippen LogP contribution in [0.15, 0.2) is 46.0 Å². The molecule has 0 bridgehead atoms. The van der Waals surface area contributed by atoms with E-state index in [0.717, 1.165) is 10.8 Å². The highest BCUT2D eigenvalue weighted by Crippen LogP contribution is 2.18. The largest absolute Gasteiger partial charge is 0.316 e. The first-order chi connectivity index (χ1) is 9.74. The Kier molecular flexibility index (Phi) is 5.72. The summed E-state index contributed by atoms with van der Waals surface area (Å²) in [6, 6.07) is 11.5. The summed E-state index contributed by atoms with van der Waals surface area (Å²) in [4.78, 5) is 27.4. The molecule has 0 radical (unpaired) electrons. The number of fused-ring (bicyclic) bond motifs is 2. The number of hydrogen-bond donors (Lipinski definition) is 2. The normalized spacial score (nSPS) is 9.40. The van der Waals surface area contributed by atoms with Crippen molar-refractivity contribution >= 4 is 21.8 Å². The van der Waals surface area contributed by atoms with Crippen molar-refractivity contribution in [1.29, 1.82) is 0 Å². The molecular formula is C16H20N2O2. The van der Waals surface area contributed by atoms with Crippen LogP contribution in [-0.4, -0.2) is 9.97 Å². The van der Waals surface area contributed by atoms with Gasteiger partial charge in [0, 0.05) is 0 Å². The molecule has 2 aromatic carbocycles. The second-order valence-electron chi connectivity index (χ2n) is 3.65. The molecule has 0 saturated heterocycles. The number of hydrogen-bond acceptors (Lipinski definition) is 2. The zero-order valence-corrected chi connectivity index (χ0v) is 12.3. The van der Waals surface area contributed by atoms with Gasteiger partial charge in [-0.15, -0.1) is 0 Å². The summed E-state index contributed by atoms with van der Waals surface area (Å²) in [6.45, 7) is 8.00. The van der Waals surface area contributed by atoms with E-state index in [1.807, 2.05) is 64.1 Å². The van der Waals surface area contributed by atoms with E-state index in [1.54, 1.807) is 0 Å². The zero-order valence-electron chi connectivity index (χ0n) is 12.3. The first-order valence-corrected chi connectivity index (χ1v) is 6.89. The van der Waals surface area contributed by atoms with E-state index in [4.69, 9.17) is 0 Å². The number of aromatic nitrogens is 2. The molecule has 0 unspecified atom stereocenters. The van der Waals surface area contributed by atoms with Crippen molar-refractivity contribution < 1.29 is 0 Å². The molecule has 0 amide bonds. The minimum atomic E-state index is -0.622. The lowest BCUT2D eigenvalue weighted by Gasteiger charge is -2.00. The summed E-state index contributed by atoms with van der Waals surface area (Å²) in [5.41, 5.74) is 0.0390. The molecule has 2 N–H and O–H groups in total. The van der Waals surface area contributed by atoms with Gasteiger partial charge < -0.3 is 9.97 Å². The molecule has 20 heavy (non-hydrogen) atoms. The van der Waals surface area contributed by atoms with Crippen molar-refractivity contribution in [2.24, 2.45) is 0 Å². The summed E-state index contributed by atoms with van der Waals surface area (Å²) in [5.74, 6) is 0. The third-order valence-electron chi connectivity index (χ3n) is 2.59. The van der Waals surface area contributed by atoms with E-state index in [0.29, 0.717) is 11.0 Å². The highest BCUT2D eigenvalue weighted by molar-refractivity contribution is 5.94. The Hall–Kier alpha value is -2.36. The Bertz CT molecular complexity index is 733. The first-order valence-electron chi connectivity index (χ1n) is 6.89. The van der Waals surface area contributed by atoms with E-state index < -0.39 is 11.1 Å². The number of nitrogens with one attached hydrogen (secondary N) is 2. The van der Waals surface area contributed by atoms with Gasteiger partial charge in [-0.1, -0.05) is 52.0 Å². The maximum Gasteiger partial charge on any atom is 0.314 e. The topological polar surface area (TPSA) is 65.7 Å². The molecule has 1 heterocycles. The SMILES string of the molecule is CC.CC.O=c1[nH]c2cc3ccccc3cc2[nH]c1=O. The van der Waals surface area contributed by atoms with E-state index in [-0.39, 0.29) is 0 Å². The second-order valence-corrected chi connectivity index (χ2v) is 3.65. The van der Waals surface area contributed by atoms with E-state index in [1.165, 1.54) is 0 Å². The van der Waals surface area contributed by atoms with Gasteiger partial charge in [0.1, 0.15) is 0 Å². The Morgan fingerprint density at radius 1 is 0.700 bits per heavy atom. The number of aromatic amines is 2. The quantitative estimate of drug-likeness (QED) is 0.486. The minimum Gasteiger partial charge on any atom is -0.316 e. The minimum absolute atomic E-state index is 0.622. The zero-order chi connectivity index (χ0) is 15.1. The lowest BCUT2D eigenvalue weighted by atomic mass is 10.1. The van der Waals surface area contributed by atoms with Crippen molar-refractivity contribution in [1.82, 2.24) is 9.97 Å². The molecular weight excluding hydrogens is 252 g/mol. The fourth-order valence-electron chi connectivity index (χ4n) is 1.81. The van der Waals surface area contributed by atoms with Gasteiger partial charge in [-0.25, -0.2) is 0 Å². The average Bonchev–Trinajstić information content (AvgIpc) is 2.51. The van der Waals surface area contributed by atoms with Gasteiger partial charge in [0.05, 0.1) is 11.0 Å². The Labute approximate surface area is 117 Å². The molecule has 3 aromatic rings. The number of rotatable bonds is 0. The van der Waals surface area contributed by atoms with E-state index in [9.17, 15) is 9.59 Å². The maximum absolute atomic E-state index is 11.2. The van der Waals surface area contributed by atoms with Crippen LogP contribution in [0.3, 0.4) is 0 Å².